The van der Waals surface area contributed by atoms with Crippen molar-refractivity contribution in [2.45, 2.75) is 26.4 Å². The first-order valence-corrected chi connectivity index (χ1v) is 5.95. The minimum atomic E-state index is -0.797. The Hall–Kier alpha value is -1.22. The number of hydrogen-bond acceptors (Lipinski definition) is 3. The zero-order valence-electron chi connectivity index (χ0n) is 11.4. The summed E-state index contributed by atoms with van der Waals surface area (Å²) < 4.78 is 5.65. The molecule has 0 bridgehead atoms. The molecule has 3 nitrogen and oxygen atoms in total. The second-order valence-corrected chi connectivity index (χ2v) is 5.19. The summed E-state index contributed by atoms with van der Waals surface area (Å²) >= 11 is 0. The van der Waals surface area contributed by atoms with Crippen LogP contribution in [0.15, 0.2) is 24.3 Å². The molecule has 17 heavy (non-hydrogen) atoms. The number of aliphatic hydroxyl groups is 1. The normalized spacial score (nSPS) is 14.5. The molecule has 0 aliphatic rings. The van der Waals surface area contributed by atoms with Crippen molar-refractivity contribution in [1.82, 2.24) is 0 Å². The van der Waals surface area contributed by atoms with Crippen LogP contribution >= 0.6 is 0 Å². The van der Waals surface area contributed by atoms with Gasteiger partial charge in [0.2, 0.25) is 0 Å². The molecule has 3 heteroatoms. The summed E-state index contributed by atoms with van der Waals surface area (Å²) in [4.78, 5) is 2.02. The molecule has 0 aliphatic carbocycles. The molecule has 1 N–H and O–H groups in total. The van der Waals surface area contributed by atoms with Crippen molar-refractivity contribution in [3.8, 4) is 5.75 Å². The topological polar surface area (TPSA) is 32.7 Å². The predicted molar refractivity (Wildman–Crippen MR) is 71.7 cm³/mol. The van der Waals surface area contributed by atoms with Crippen molar-refractivity contribution in [2.75, 3.05) is 25.6 Å². The Morgan fingerprint density at radius 3 is 2.53 bits per heavy atom. The largest absolute Gasteiger partial charge is 0.491 e. The van der Waals surface area contributed by atoms with Crippen LogP contribution in [0.25, 0.3) is 0 Å². The number of rotatable bonds is 5. The average Bonchev–Trinajstić information content (AvgIpc) is 2.26. The van der Waals surface area contributed by atoms with E-state index in [4.69, 9.17) is 4.74 Å². The monoisotopic (exact) mass is 237 g/mol. The van der Waals surface area contributed by atoms with Crippen LogP contribution in [-0.2, 0) is 0 Å². The lowest BCUT2D eigenvalue weighted by Gasteiger charge is -2.27. The highest BCUT2D eigenvalue weighted by Gasteiger charge is 2.25. The van der Waals surface area contributed by atoms with E-state index in [2.05, 4.69) is 0 Å². The summed E-state index contributed by atoms with van der Waals surface area (Å²) in [5, 5.41) is 10.1. The van der Waals surface area contributed by atoms with Crippen molar-refractivity contribution in [1.29, 1.82) is 0 Å². The fraction of sp³-hybridized carbons (Fsp3) is 0.571. The van der Waals surface area contributed by atoms with Gasteiger partial charge in [-0.25, -0.2) is 0 Å². The second kappa shape index (κ2) is 5.41. The van der Waals surface area contributed by atoms with Gasteiger partial charge in [0, 0.05) is 25.8 Å². The molecular formula is C14H23NO2. The Balaban J connectivity index is 2.67. The fourth-order valence-electron chi connectivity index (χ4n) is 1.25. The van der Waals surface area contributed by atoms with Crippen molar-refractivity contribution in [3.05, 3.63) is 24.3 Å². The molecule has 0 aliphatic heterocycles. The van der Waals surface area contributed by atoms with Gasteiger partial charge in [0.1, 0.15) is 12.4 Å². The zero-order valence-corrected chi connectivity index (χ0v) is 11.4. The molecule has 0 saturated heterocycles. The van der Waals surface area contributed by atoms with E-state index in [0.29, 0.717) is 6.61 Å². The maximum Gasteiger partial charge on any atom is 0.121 e. The number of hydrogen-bond donors (Lipinski definition) is 1. The van der Waals surface area contributed by atoms with E-state index < -0.39 is 5.60 Å². The van der Waals surface area contributed by atoms with E-state index in [1.165, 1.54) is 0 Å². The van der Waals surface area contributed by atoms with Gasteiger partial charge in [-0.3, -0.25) is 0 Å². The van der Waals surface area contributed by atoms with Crippen LogP contribution in [0.1, 0.15) is 20.8 Å². The lowest BCUT2D eigenvalue weighted by atomic mass is 9.94. The summed E-state index contributed by atoms with van der Waals surface area (Å²) in [7, 11) is 3.98. The number of ether oxygens (including phenoxy) is 1. The van der Waals surface area contributed by atoms with Crippen molar-refractivity contribution in [2.24, 2.45) is 5.92 Å². The summed E-state index contributed by atoms with van der Waals surface area (Å²) in [5.41, 5.74) is 0.292. The highest BCUT2D eigenvalue weighted by Crippen LogP contribution is 2.22. The maximum absolute atomic E-state index is 10.1. The minimum absolute atomic E-state index is 0.166. The van der Waals surface area contributed by atoms with Crippen LogP contribution in [0.5, 0.6) is 5.75 Å². The van der Waals surface area contributed by atoms with E-state index in [9.17, 15) is 5.11 Å². The SMILES string of the molecule is CC(C)C(C)(O)COc1cccc(N(C)C)c1. The molecule has 0 amide bonds. The zero-order chi connectivity index (χ0) is 13.1. The first kappa shape index (κ1) is 13.8. The van der Waals surface area contributed by atoms with Gasteiger partial charge in [0.25, 0.3) is 0 Å². The average molecular weight is 237 g/mol. The van der Waals surface area contributed by atoms with Crippen LogP contribution in [-0.4, -0.2) is 31.4 Å². The first-order chi connectivity index (χ1) is 7.83. The Morgan fingerprint density at radius 1 is 1.35 bits per heavy atom. The molecule has 1 aromatic rings. The molecule has 0 saturated carbocycles. The van der Waals surface area contributed by atoms with Gasteiger partial charge in [-0.15, -0.1) is 0 Å². The number of nitrogens with zero attached hydrogens (tertiary/aromatic N) is 1. The third-order valence-corrected chi connectivity index (χ3v) is 3.11. The first-order valence-electron chi connectivity index (χ1n) is 5.95. The molecule has 1 aromatic carbocycles. The van der Waals surface area contributed by atoms with Gasteiger partial charge in [0.05, 0.1) is 5.60 Å². The number of benzene rings is 1. The van der Waals surface area contributed by atoms with Crippen LogP contribution < -0.4 is 9.64 Å². The lowest BCUT2D eigenvalue weighted by molar-refractivity contribution is -0.0266. The Labute approximate surface area is 104 Å². The molecule has 0 radical (unpaired) electrons. The molecule has 0 heterocycles. The van der Waals surface area contributed by atoms with E-state index in [1.54, 1.807) is 6.92 Å². The van der Waals surface area contributed by atoms with E-state index in [0.717, 1.165) is 11.4 Å². The van der Waals surface area contributed by atoms with Crippen molar-refractivity contribution < 1.29 is 9.84 Å². The van der Waals surface area contributed by atoms with E-state index in [1.807, 2.05) is 57.1 Å². The Bertz CT molecular complexity index is 359. The van der Waals surface area contributed by atoms with Gasteiger partial charge in [-0.05, 0) is 25.0 Å². The van der Waals surface area contributed by atoms with Crippen LogP contribution in [0.2, 0.25) is 0 Å². The fourth-order valence-corrected chi connectivity index (χ4v) is 1.25. The predicted octanol–water partition coefficient (Wildman–Crippen LogP) is 2.54. The molecule has 96 valence electrons. The van der Waals surface area contributed by atoms with Gasteiger partial charge in [-0.1, -0.05) is 19.9 Å². The molecule has 0 fully saturated rings. The Morgan fingerprint density at radius 2 is 2.00 bits per heavy atom. The standard InChI is InChI=1S/C14H23NO2/c1-11(2)14(3,16)10-17-13-8-6-7-12(9-13)15(4)5/h6-9,11,16H,10H2,1-5H3. The third-order valence-electron chi connectivity index (χ3n) is 3.11. The molecular weight excluding hydrogens is 214 g/mol. The third kappa shape index (κ3) is 3.93. The quantitative estimate of drug-likeness (QED) is 0.854. The molecule has 1 atom stereocenters. The second-order valence-electron chi connectivity index (χ2n) is 5.19. The van der Waals surface area contributed by atoms with Gasteiger partial charge < -0.3 is 14.7 Å². The van der Waals surface area contributed by atoms with Crippen molar-refractivity contribution in [3.63, 3.8) is 0 Å². The molecule has 1 unspecified atom stereocenters. The maximum atomic E-state index is 10.1. The molecule has 0 aromatic heterocycles. The summed E-state index contributed by atoms with van der Waals surface area (Å²) in [6, 6.07) is 7.85. The molecule has 1 rings (SSSR count). The molecule has 0 spiro atoms. The van der Waals surface area contributed by atoms with Crippen LogP contribution in [0, 0.1) is 5.92 Å². The van der Waals surface area contributed by atoms with Crippen LogP contribution in [0.4, 0.5) is 5.69 Å². The van der Waals surface area contributed by atoms with Crippen molar-refractivity contribution >= 4 is 5.69 Å². The minimum Gasteiger partial charge on any atom is -0.491 e. The summed E-state index contributed by atoms with van der Waals surface area (Å²) in [6.07, 6.45) is 0. The van der Waals surface area contributed by atoms with Gasteiger partial charge >= 0.3 is 0 Å². The smallest absolute Gasteiger partial charge is 0.121 e. The highest BCUT2D eigenvalue weighted by atomic mass is 16.5. The highest BCUT2D eigenvalue weighted by molar-refractivity contribution is 5.49. The van der Waals surface area contributed by atoms with E-state index >= 15 is 0 Å². The summed E-state index contributed by atoms with van der Waals surface area (Å²) in [5.74, 6) is 0.955. The van der Waals surface area contributed by atoms with E-state index in [-0.39, 0.29) is 5.92 Å². The Kier molecular flexibility index (Phi) is 4.40. The van der Waals surface area contributed by atoms with Crippen LogP contribution in [0.3, 0.4) is 0 Å². The lowest BCUT2D eigenvalue weighted by Crippen LogP contribution is -2.37. The van der Waals surface area contributed by atoms with Gasteiger partial charge in [-0.2, -0.15) is 0 Å². The summed E-state index contributed by atoms with van der Waals surface area (Å²) in [6.45, 7) is 6.08. The van der Waals surface area contributed by atoms with Gasteiger partial charge in [0.15, 0.2) is 0 Å². The number of anilines is 1.